The number of primary amides is 1. The quantitative estimate of drug-likeness (QED) is 0.697. The van der Waals surface area contributed by atoms with Crippen LogP contribution in [0, 0.1) is 29.1 Å². The van der Waals surface area contributed by atoms with Crippen molar-refractivity contribution in [3.8, 4) is 0 Å². The third-order valence-corrected chi connectivity index (χ3v) is 7.16. The van der Waals surface area contributed by atoms with Crippen LogP contribution < -0.4 is 16.4 Å². The molecule has 0 spiro atoms. The van der Waals surface area contributed by atoms with Gasteiger partial charge in [-0.1, -0.05) is 20.3 Å². The summed E-state index contributed by atoms with van der Waals surface area (Å²) < 4.78 is 0. The highest BCUT2D eigenvalue weighted by Gasteiger charge is 2.53. The molecule has 5 nitrogen and oxygen atoms in total. The van der Waals surface area contributed by atoms with Gasteiger partial charge in [-0.2, -0.15) is 0 Å². The first-order valence-electron chi connectivity index (χ1n) is 9.69. The minimum atomic E-state index is -0.627. The average Bonchev–Trinajstić information content (AvgIpc) is 2.50. The highest BCUT2D eigenvalue weighted by atomic mass is 16.2. The summed E-state index contributed by atoms with van der Waals surface area (Å²) in [6.45, 7) is 6.18. The second-order valence-corrected chi connectivity index (χ2v) is 8.88. The fourth-order valence-corrected chi connectivity index (χ4v) is 6.02. The molecule has 4 saturated carbocycles. The second-order valence-electron chi connectivity index (χ2n) is 8.88. The van der Waals surface area contributed by atoms with Crippen LogP contribution in [0.1, 0.15) is 65.7 Å². The molecule has 4 bridgehead atoms. The number of carbonyl (C=O) groups is 2. The van der Waals surface area contributed by atoms with Crippen LogP contribution in [0.25, 0.3) is 0 Å². The third-order valence-electron chi connectivity index (χ3n) is 7.16. The molecule has 0 radical (unpaired) electrons. The lowest BCUT2D eigenvalue weighted by atomic mass is 9.48. The zero-order valence-corrected chi connectivity index (χ0v) is 15.3. The van der Waals surface area contributed by atoms with Crippen molar-refractivity contribution in [2.75, 3.05) is 0 Å². The molecular formula is C19H33N3O2. The maximum absolute atomic E-state index is 12.8. The average molecular weight is 335 g/mol. The summed E-state index contributed by atoms with van der Waals surface area (Å²) in [5.74, 6) is 2.59. The number of nitrogens with two attached hydrogens (primary N) is 1. The Hall–Kier alpha value is -1.26. The van der Waals surface area contributed by atoms with Crippen LogP contribution in [0.2, 0.25) is 0 Å². The molecular weight excluding hydrogens is 302 g/mol. The molecule has 136 valence electrons. The molecule has 4 N–H and O–H groups in total. The van der Waals surface area contributed by atoms with E-state index in [1.807, 2.05) is 13.8 Å². The topological polar surface area (TPSA) is 84.2 Å². The van der Waals surface area contributed by atoms with Crippen LogP contribution in [0.5, 0.6) is 0 Å². The molecule has 0 aromatic carbocycles. The zero-order chi connectivity index (χ0) is 17.5. The van der Waals surface area contributed by atoms with Gasteiger partial charge in [0.15, 0.2) is 0 Å². The number of nitrogens with one attached hydrogen (secondary N) is 2. The Morgan fingerprint density at radius 3 is 1.96 bits per heavy atom. The van der Waals surface area contributed by atoms with Gasteiger partial charge < -0.3 is 16.4 Å². The lowest BCUT2D eigenvalue weighted by Crippen LogP contribution is -2.59. The number of carbonyl (C=O) groups excluding carboxylic acids is 2. The molecule has 0 heterocycles. The SMILES string of the molecule is CCC(C)C(NC(N)=O)C(=O)NC(C)C12CC3CC(CC(C3)C1)C2. The summed E-state index contributed by atoms with van der Waals surface area (Å²) in [6.07, 6.45) is 8.81. The fraction of sp³-hybridized carbons (Fsp3) is 0.895. The van der Waals surface area contributed by atoms with E-state index >= 15 is 0 Å². The smallest absolute Gasteiger partial charge is 0.312 e. The van der Waals surface area contributed by atoms with Crippen LogP contribution in [-0.4, -0.2) is 24.0 Å². The van der Waals surface area contributed by atoms with Crippen LogP contribution in [0.4, 0.5) is 4.79 Å². The Morgan fingerprint density at radius 2 is 1.54 bits per heavy atom. The summed E-state index contributed by atoms with van der Waals surface area (Å²) in [4.78, 5) is 24.1. The molecule has 24 heavy (non-hydrogen) atoms. The van der Waals surface area contributed by atoms with Crippen LogP contribution in [0.3, 0.4) is 0 Å². The molecule has 0 aromatic rings. The van der Waals surface area contributed by atoms with Gasteiger partial charge in [-0.3, -0.25) is 4.79 Å². The summed E-state index contributed by atoms with van der Waals surface area (Å²) in [6, 6.07) is -0.999. The predicted octanol–water partition coefficient (Wildman–Crippen LogP) is 2.79. The number of urea groups is 1. The van der Waals surface area contributed by atoms with E-state index in [4.69, 9.17) is 5.73 Å². The fourth-order valence-electron chi connectivity index (χ4n) is 6.02. The van der Waals surface area contributed by atoms with E-state index in [0.717, 1.165) is 24.2 Å². The maximum atomic E-state index is 12.8. The molecule has 0 aromatic heterocycles. The highest BCUT2D eigenvalue weighted by Crippen LogP contribution is 2.61. The third kappa shape index (κ3) is 3.27. The van der Waals surface area contributed by atoms with Gasteiger partial charge in [0, 0.05) is 6.04 Å². The summed E-state index contributed by atoms with van der Waals surface area (Å²) in [7, 11) is 0. The zero-order valence-electron chi connectivity index (χ0n) is 15.3. The predicted molar refractivity (Wildman–Crippen MR) is 94.2 cm³/mol. The number of amides is 3. The first kappa shape index (κ1) is 17.6. The van der Waals surface area contributed by atoms with Crippen molar-refractivity contribution in [2.45, 2.75) is 77.8 Å². The molecule has 3 unspecified atom stereocenters. The number of hydrogen-bond donors (Lipinski definition) is 3. The number of rotatable bonds is 6. The van der Waals surface area contributed by atoms with Crippen LogP contribution in [-0.2, 0) is 4.79 Å². The Kier molecular flexibility index (Phi) is 4.80. The van der Waals surface area contributed by atoms with Gasteiger partial charge in [-0.15, -0.1) is 0 Å². The molecule has 3 atom stereocenters. The van der Waals surface area contributed by atoms with Crippen molar-refractivity contribution in [3.63, 3.8) is 0 Å². The monoisotopic (exact) mass is 335 g/mol. The number of hydrogen-bond acceptors (Lipinski definition) is 2. The van der Waals surface area contributed by atoms with Crippen molar-refractivity contribution in [1.82, 2.24) is 10.6 Å². The first-order chi connectivity index (χ1) is 11.3. The van der Waals surface area contributed by atoms with E-state index < -0.39 is 12.1 Å². The normalized spacial score (nSPS) is 37.5. The molecule has 3 amide bonds. The Balaban J connectivity index is 1.68. The molecule has 4 aliphatic carbocycles. The molecule has 4 rings (SSSR count). The molecule has 5 heteroatoms. The van der Waals surface area contributed by atoms with Crippen molar-refractivity contribution in [1.29, 1.82) is 0 Å². The molecule has 4 fully saturated rings. The Morgan fingerprint density at radius 1 is 1.04 bits per heavy atom. The van der Waals surface area contributed by atoms with Crippen molar-refractivity contribution >= 4 is 11.9 Å². The van der Waals surface area contributed by atoms with E-state index in [1.54, 1.807) is 0 Å². The highest BCUT2D eigenvalue weighted by molar-refractivity contribution is 5.87. The van der Waals surface area contributed by atoms with Crippen molar-refractivity contribution < 1.29 is 9.59 Å². The second kappa shape index (κ2) is 6.57. The van der Waals surface area contributed by atoms with E-state index in [1.165, 1.54) is 38.5 Å². The first-order valence-corrected chi connectivity index (χ1v) is 9.69. The summed E-state index contributed by atoms with van der Waals surface area (Å²) in [5.41, 5.74) is 5.55. The van der Waals surface area contributed by atoms with Gasteiger partial charge in [0.2, 0.25) is 5.91 Å². The maximum Gasteiger partial charge on any atom is 0.312 e. The van der Waals surface area contributed by atoms with Gasteiger partial charge in [0.1, 0.15) is 6.04 Å². The lowest BCUT2D eigenvalue weighted by Gasteiger charge is -2.59. The summed E-state index contributed by atoms with van der Waals surface area (Å²) >= 11 is 0. The van der Waals surface area contributed by atoms with Gasteiger partial charge >= 0.3 is 6.03 Å². The van der Waals surface area contributed by atoms with Crippen LogP contribution in [0.15, 0.2) is 0 Å². The van der Waals surface area contributed by atoms with E-state index in [2.05, 4.69) is 17.6 Å². The molecule has 0 aliphatic heterocycles. The minimum absolute atomic E-state index is 0.0704. The van der Waals surface area contributed by atoms with Gasteiger partial charge in [-0.05, 0) is 74.5 Å². The van der Waals surface area contributed by atoms with E-state index in [0.29, 0.717) is 0 Å². The summed E-state index contributed by atoms with van der Waals surface area (Å²) in [5, 5.41) is 5.88. The Bertz CT molecular complexity index is 470. The lowest BCUT2D eigenvalue weighted by molar-refractivity contribution is -0.128. The van der Waals surface area contributed by atoms with Crippen molar-refractivity contribution in [3.05, 3.63) is 0 Å². The van der Waals surface area contributed by atoms with Gasteiger partial charge in [0.05, 0.1) is 0 Å². The van der Waals surface area contributed by atoms with Crippen molar-refractivity contribution in [2.24, 2.45) is 34.8 Å². The van der Waals surface area contributed by atoms with E-state index in [9.17, 15) is 9.59 Å². The standard InChI is InChI=1S/C19H33N3O2/c1-4-11(2)16(22-18(20)24)17(23)21-12(3)19-8-13-5-14(9-19)7-15(6-13)10-19/h11-16H,4-10H2,1-3H3,(H,21,23)(H3,20,22,24). The largest absolute Gasteiger partial charge is 0.352 e. The molecule has 0 saturated heterocycles. The Labute approximate surface area is 145 Å². The van der Waals surface area contributed by atoms with Gasteiger partial charge in [-0.25, -0.2) is 4.79 Å². The minimum Gasteiger partial charge on any atom is -0.352 e. The van der Waals surface area contributed by atoms with E-state index in [-0.39, 0.29) is 23.3 Å². The van der Waals surface area contributed by atoms with Crippen LogP contribution >= 0.6 is 0 Å². The van der Waals surface area contributed by atoms with Gasteiger partial charge in [0.25, 0.3) is 0 Å². The molecule has 4 aliphatic rings.